The monoisotopic (exact) mass is 397 g/mol. The lowest BCUT2D eigenvalue weighted by atomic mass is 10.1. The standard InChI is InChI=1S/C19H16BrN3O2/c1-12-3-8-18(17(20)9-12)22-11-15(10-21)19(25)23-16-6-4-14(5-7-16)13(2)24/h3-9,11,22H,1-2H3,(H,23,25)/b15-11-. The molecule has 0 atom stereocenters. The molecule has 1 amide bonds. The molecule has 0 saturated heterocycles. The summed E-state index contributed by atoms with van der Waals surface area (Å²) in [4.78, 5) is 23.5. The number of ketones is 1. The normalized spacial score (nSPS) is 10.7. The van der Waals surface area contributed by atoms with E-state index in [9.17, 15) is 14.9 Å². The van der Waals surface area contributed by atoms with Gasteiger partial charge in [-0.1, -0.05) is 6.07 Å². The number of anilines is 2. The maximum absolute atomic E-state index is 12.2. The number of halogens is 1. The van der Waals surface area contributed by atoms with Crippen molar-refractivity contribution in [2.45, 2.75) is 13.8 Å². The zero-order valence-corrected chi connectivity index (χ0v) is 15.3. The van der Waals surface area contributed by atoms with E-state index < -0.39 is 5.91 Å². The van der Waals surface area contributed by atoms with Gasteiger partial charge in [0.15, 0.2) is 5.78 Å². The molecule has 0 aromatic heterocycles. The van der Waals surface area contributed by atoms with E-state index in [-0.39, 0.29) is 11.4 Å². The number of carbonyl (C=O) groups is 2. The fourth-order valence-electron chi connectivity index (χ4n) is 2.02. The first-order chi connectivity index (χ1) is 11.9. The third-order valence-electron chi connectivity index (χ3n) is 3.41. The van der Waals surface area contributed by atoms with Crippen molar-refractivity contribution < 1.29 is 9.59 Å². The van der Waals surface area contributed by atoms with E-state index in [2.05, 4.69) is 26.6 Å². The zero-order chi connectivity index (χ0) is 18.4. The summed E-state index contributed by atoms with van der Waals surface area (Å²) in [6.45, 7) is 3.44. The average Bonchev–Trinajstić information content (AvgIpc) is 2.57. The van der Waals surface area contributed by atoms with Crippen LogP contribution >= 0.6 is 15.9 Å². The second-order valence-corrected chi connectivity index (χ2v) is 6.24. The Morgan fingerprint density at radius 3 is 2.40 bits per heavy atom. The van der Waals surface area contributed by atoms with Crippen LogP contribution in [0.2, 0.25) is 0 Å². The second kappa shape index (κ2) is 8.27. The quantitative estimate of drug-likeness (QED) is 0.444. The Balaban J connectivity index is 2.09. The summed E-state index contributed by atoms with van der Waals surface area (Å²) in [7, 11) is 0. The minimum atomic E-state index is -0.534. The highest BCUT2D eigenvalue weighted by molar-refractivity contribution is 9.10. The van der Waals surface area contributed by atoms with Crippen LogP contribution in [-0.2, 0) is 4.79 Å². The molecular weight excluding hydrogens is 382 g/mol. The molecule has 5 nitrogen and oxygen atoms in total. The Labute approximate surface area is 154 Å². The molecule has 0 aliphatic carbocycles. The number of Topliss-reactive ketones (excluding diaryl/α,β-unsaturated/α-hetero) is 1. The summed E-state index contributed by atoms with van der Waals surface area (Å²) in [5.41, 5.74) is 2.83. The minimum Gasteiger partial charge on any atom is -0.359 e. The summed E-state index contributed by atoms with van der Waals surface area (Å²) in [6.07, 6.45) is 1.36. The van der Waals surface area contributed by atoms with Gasteiger partial charge in [0, 0.05) is 21.9 Å². The van der Waals surface area contributed by atoms with Crippen LogP contribution in [0.5, 0.6) is 0 Å². The van der Waals surface area contributed by atoms with E-state index in [1.54, 1.807) is 24.3 Å². The molecular formula is C19H16BrN3O2. The highest BCUT2D eigenvalue weighted by atomic mass is 79.9. The van der Waals surface area contributed by atoms with Gasteiger partial charge in [-0.25, -0.2) is 0 Å². The van der Waals surface area contributed by atoms with Gasteiger partial charge in [-0.15, -0.1) is 0 Å². The van der Waals surface area contributed by atoms with Crippen LogP contribution in [0.25, 0.3) is 0 Å². The highest BCUT2D eigenvalue weighted by Crippen LogP contribution is 2.23. The van der Waals surface area contributed by atoms with Gasteiger partial charge >= 0.3 is 0 Å². The Morgan fingerprint density at radius 2 is 1.84 bits per heavy atom. The largest absolute Gasteiger partial charge is 0.359 e. The number of hydrogen-bond acceptors (Lipinski definition) is 4. The lowest BCUT2D eigenvalue weighted by Gasteiger charge is -2.07. The maximum Gasteiger partial charge on any atom is 0.267 e. The molecule has 0 heterocycles. The smallest absolute Gasteiger partial charge is 0.267 e. The van der Waals surface area contributed by atoms with Crippen molar-refractivity contribution in [3.63, 3.8) is 0 Å². The highest BCUT2D eigenvalue weighted by Gasteiger charge is 2.10. The number of aryl methyl sites for hydroxylation is 1. The van der Waals surface area contributed by atoms with Crippen LogP contribution in [0, 0.1) is 18.3 Å². The van der Waals surface area contributed by atoms with Crippen LogP contribution in [-0.4, -0.2) is 11.7 Å². The fourth-order valence-corrected chi connectivity index (χ4v) is 2.63. The summed E-state index contributed by atoms with van der Waals surface area (Å²) >= 11 is 3.43. The first kappa shape index (κ1) is 18.4. The number of rotatable bonds is 5. The Hall–Kier alpha value is -2.91. The Morgan fingerprint density at radius 1 is 1.16 bits per heavy atom. The maximum atomic E-state index is 12.2. The fraction of sp³-hybridized carbons (Fsp3) is 0.105. The summed E-state index contributed by atoms with van der Waals surface area (Å²) in [5, 5.41) is 14.8. The summed E-state index contributed by atoms with van der Waals surface area (Å²) < 4.78 is 0.835. The third kappa shape index (κ3) is 5.03. The van der Waals surface area contributed by atoms with Crippen molar-refractivity contribution >= 4 is 39.0 Å². The minimum absolute atomic E-state index is 0.0524. The van der Waals surface area contributed by atoms with Gasteiger partial charge in [0.1, 0.15) is 11.6 Å². The molecule has 2 rings (SSSR count). The molecule has 126 valence electrons. The molecule has 25 heavy (non-hydrogen) atoms. The van der Waals surface area contributed by atoms with Crippen molar-refractivity contribution in [2.75, 3.05) is 10.6 Å². The van der Waals surface area contributed by atoms with Crippen LogP contribution in [0.15, 0.2) is 58.7 Å². The van der Waals surface area contributed by atoms with Crippen LogP contribution < -0.4 is 10.6 Å². The van der Waals surface area contributed by atoms with Gasteiger partial charge in [-0.05, 0) is 71.7 Å². The average molecular weight is 398 g/mol. The number of nitrogens with zero attached hydrogens (tertiary/aromatic N) is 1. The van der Waals surface area contributed by atoms with E-state index in [0.717, 1.165) is 15.7 Å². The molecule has 2 aromatic rings. The molecule has 0 saturated carbocycles. The molecule has 0 fully saturated rings. The first-order valence-corrected chi connectivity index (χ1v) is 8.25. The van der Waals surface area contributed by atoms with E-state index in [1.807, 2.05) is 31.2 Å². The van der Waals surface area contributed by atoms with Crippen LogP contribution in [0.4, 0.5) is 11.4 Å². The van der Waals surface area contributed by atoms with Gasteiger partial charge in [-0.3, -0.25) is 9.59 Å². The Bertz CT molecular complexity index is 881. The molecule has 0 bridgehead atoms. The van der Waals surface area contributed by atoms with Gasteiger partial charge in [0.05, 0.1) is 5.69 Å². The lowest BCUT2D eigenvalue weighted by molar-refractivity contribution is -0.112. The molecule has 0 aliphatic rings. The SMILES string of the molecule is CC(=O)c1ccc(NC(=O)/C(C#N)=C\Nc2ccc(C)cc2Br)cc1. The molecule has 6 heteroatoms. The predicted molar refractivity (Wildman–Crippen MR) is 101 cm³/mol. The number of hydrogen-bond donors (Lipinski definition) is 2. The van der Waals surface area contributed by atoms with Crippen molar-refractivity contribution in [2.24, 2.45) is 0 Å². The number of carbonyl (C=O) groups excluding carboxylic acids is 2. The van der Waals surface area contributed by atoms with Crippen LogP contribution in [0.1, 0.15) is 22.8 Å². The van der Waals surface area contributed by atoms with E-state index in [0.29, 0.717) is 11.3 Å². The molecule has 2 aromatic carbocycles. The zero-order valence-electron chi connectivity index (χ0n) is 13.8. The second-order valence-electron chi connectivity index (χ2n) is 5.39. The molecule has 2 N–H and O–H groups in total. The molecule has 0 unspecified atom stereocenters. The molecule has 0 radical (unpaired) electrons. The van der Waals surface area contributed by atoms with E-state index in [4.69, 9.17) is 0 Å². The summed E-state index contributed by atoms with van der Waals surface area (Å²) in [5.74, 6) is -0.586. The van der Waals surface area contributed by atoms with Crippen molar-refractivity contribution in [3.8, 4) is 6.07 Å². The van der Waals surface area contributed by atoms with Crippen molar-refractivity contribution in [3.05, 3.63) is 69.8 Å². The number of benzene rings is 2. The van der Waals surface area contributed by atoms with Gasteiger partial charge < -0.3 is 10.6 Å². The van der Waals surface area contributed by atoms with Gasteiger partial charge in [0.25, 0.3) is 5.91 Å². The van der Waals surface area contributed by atoms with Gasteiger partial charge in [0.2, 0.25) is 0 Å². The van der Waals surface area contributed by atoms with Crippen LogP contribution in [0.3, 0.4) is 0 Å². The van der Waals surface area contributed by atoms with Crippen molar-refractivity contribution in [1.29, 1.82) is 5.26 Å². The summed E-state index contributed by atoms with van der Waals surface area (Å²) in [6, 6.07) is 14.0. The first-order valence-electron chi connectivity index (χ1n) is 7.46. The number of nitriles is 1. The topological polar surface area (TPSA) is 82.0 Å². The van der Waals surface area contributed by atoms with E-state index in [1.165, 1.54) is 13.1 Å². The lowest BCUT2D eigenvalue weighted by Crippen LogP contribution is -2.14. The Kier molecular flexibility index (Phi) is 6.09. The molecule has 0 spiro atoms. The van der Waals surface area contributed by atoms with Crippen molar-refractivity contribution in [1.82, 2.24) is 0 Å². The third-order valence-corrected chi connectivity index (χ3v) is 4.07. The van der Waals surface area contributed by atoms with Gasteiger partial charge in [-0.2, -0.15) is 5.26 Å². The van der Waals surface area contributed by atoms with E-state index >= 15 is 0 Å². The number of nitrogens with one attached hydrogen (secondary N) is 2. The molecule has 0 aliphatic heterocycles. The number of amides is 1. The predicted octanol–water partition coefficient (Wildman–Crippen LogP) is 4.42.